The normalized spacial score (nSPS) is 11.5. The lowest BCUT2D eigenvalue weighted by atomic mass is 10.3. The number of ether oxygens (including phenoxy) is 2. The molecule has 0 aliphatic rings. The van der Waals surface area contributed by atoms with Crippen molar-refractivity contribution in [2.24, 2.45) is 0 Å². The van der Waals surface area contributed by atoms with Crippen molar-refractivity contribution in [1.82, 2.24) is 0 Å². The van der Waals surface area contributed by atoms with Gasteiger partial charge in [0.05, 0.1) is 0 Å². The highest BCUT2D eigenvalue weighted by atomic mass is 35.5. The number of halogens is 2. The zero-order valence-corrected chi connectivity index (χ0v) is 14.3. The van der Waals surface area contributed by atoms with Crippen molar-refractivity contribution >= 4 is 40.8 Å². The van der Waals surface area contributed by atoms with E-state index in [1.807, 2.05) is 0 Å². The quantitative estimate of drug-likeness (QED) is 0.785. The highest BCUT2D eigenvalue weighted by Crippen LogP contribution is 2.17. The minimum Gasteiger partial charge on any atom is -0.482 e. The van der Waals surface area contributed by atoms with E-state index in [2.05, 4.69) is 5.32 Å². The second-order valence-electron chi connectivity index (χ2n) is 4.87. The molecule has 0 radical (unpaired) electrons. The van der Waals surface area contributed by atoms with Gasteiger partial charge in [-0.25, -0.2) is 4.79 Å². The van der Waals surface area contributed by atoms with Crippen LogP contribution in [0.2, 0.25) is 10.0 Å². The fourth-order valence-electron chi connectivity index (χ4n) is 1.76. The number of benzene rings is 2. The second kappa shape index (κ2) is 8.57. The molecule has 0 fully saturated rings. The molecule has 0 aliphatic carbocycles. The Balaban J connectivity index is 1.80. The molecule has 0 aliphatic heterocycles. The van der Waals surface area contributed by atoms with Crippen molar-refractivity contribution < 1.29 is 19.1 Å². The number of carbonyl (C=O) groups is 2. The summed E-state index contributed by atoms with van der Waals surface area (Å²) in [4.78, 5) is 23.7. The van der Waals surface area contributed by atoms with Crippen molar-refractivity contribution in [2.75, 3.05) is 11.9 Å². The number of hydrogen-bond acceptors (Lipinski definition) is 4. The molecule has 1 N–H and O–H groups in total. The van der Waals surface area contributed by atoms with Crippen LogP contribution < -0.4 is 10.1 Å². The van der Waals surface area contributed by atoms with E-state index < -0.39 is 18.0 Å². The van der Waals surface area contributed by atoms with Crippen LogP contribution >= 0.6 is 23.2 Å². The molecule has 1 atom stereocenters. The summed E-state index contributed by atoms with van der Waals surface area (Å²) in [6, 6.07) is 13.2. The molecule has 0 saturated heterocycles. The monoisotopic (exact) mass is 367 g/mol. The predicted molar refractivity (Wildman–Crippen MR) is 92.6 cm³/mol. The summed E-state index contributed by atoms with van der Waals surface area (Å²) < 4.78 is 10.3. The van der Waals surface area contributed by atoms with Gasteiger partial charge in [-0.1, -0.05) is 29.3 Å². The van der Waals surface area contributed by atoms with Gasteiger partial charge in [-0.3, -0.25) is 4.79 Å². The Morgan fingerprint density at radius 2 is 1.79 bits per heavy atom. The Kier molecular flexibility index (Phi) is 6.46. The van der Waals surface area contributed by atoms with Crippen LogP contribution in [0.3, 0.4) is 0 Å². The maximum atomic E-state index is 12.0. The third-order valence-electron chi connectivity index (χ3n) is 2.94. The molecule has 0 heterocycles. The Hall–Kier alpha value is -2.24. The van der Waals surface area contributed by atoms with Crippen molar-refractivity contribution in [3.8, 4) is 5.75 Å². The third kappa shape index (κ3) is 5.76. The number of hydrogen-bond donors (Lipinski definition) is 1. The standard InChI is InChI=1S/C17H15Cl2NO4/c1-11(17(22)20-14-7-5-12(18)6-8-14)24-16(21)10-23-15-4-2-3-13(19)9-15/h2-9,11H,10H2,1H3,(H,20,22)/t11-/m0/s1. The van der Waals surface area contributed by atoms with E-state index >= 15 is 0 Å². The lowest BCUT2D eigenvalue weighted by Gasteiger charge is -2.14. The van der Waals surface area contributed by atoms with Crippen LogP contribution in [0.15, 0.2) is 48.5 Å². The average Bonchev–Trinajstić information content (AvgIpc) is 2.55. The number of amides is 1. The largest absolute Gasteiger partial charge is 0.482 e. The van der Waals surface area contributed by atoms with Crippen molar-refractivity contribution in [1.29, 1.82) is 0 Å². The molecule has 5 nitrogen and oxygen atoms in total. The summed E-state index contributed by atoms with van der Waals surface area (Å²) in [5.41, 5.74) is 0.558. The van der Waals surface area contributed by atoms with E-state index in [-0.39, 0.29) is 6.61 Å². The highest BCUT2D eigenvalue weighted by molar-refractivity contribution is 6.31. The van der Waals surface area contributed by atoms with Gasteiger partial charge in [0.25, 0.3) is 5.91 Å². The smallest absolute Gasteiger partial charge is 0.344 e. The van der Waals surface area contributed by atoms with Gasteiger partial charge in [0.1, 0.15) is 5.75 Å². The molecule has 0 spiro atoms. The Morgan fingerprint density at radius 3 is 2.46 bits per heavy atom. The fraction of sp³-hybridized carbons (Fsp3) is 0.176. The van der Waals surface area contributed by atoms with Crippen molar-refractivity contribution in [2.45, 2.75) is 13.0 Å². The zero-order valence-electron chi connectivity index (χ0n) is 12.8. The predicted octanol–water partition coefficient (Wildman–Crippen LogP) is 3.94. The van der Waals surface area contributed by atoms with Crippen LogP contribution in [0, 0.1) is 0 Å². The zero-order chi connectivity index (χ0) is 17.5. The molecule has 0 aromatic heterocycles. The van der Waals surface area contributed by atoms with Gasteiger partial charge in [-0.15, -0.1) is 0 Å². The Labute approximate surface area is 149 Å². The van der Waals surface area contributed by atoms with E-state index in [9.17, 15) is 9.59 Å². The molecule has 0 bridgehead atoms. The summed E-state index contributed by atoms with van der Waals surface area (Å²) >= 11 is 11.6. The molecule has 0 unspecified atom stereocenters. The molecular weight excluding hydrogens is 353 g/mol. The van der Waals surface area contributed by atoms with Crippen LogP contribution in [0.25, 0.3) is 0 Å². The first-order valence-corrected chi connectivity index (χ1v) is 7.84. The van der Waals surface area contributed by atoms with E-state index in [1.54, 1.807) is 48.5 Å². The first-order valence-electron chi connectivity index (χ1n) is 7.08. The number of carbonyl (C=O) groups excluding carboxylic acids is 2. The summed E-state index contributed by atoms with van der Waals surface area (Å²) in [6.07, 6.45) is -0.962. The lowest BCUT2D eigenvalue weighted by Crippen LogP contribution is -2.31. The second-order valence-corrected chi connectivity index (χ2v) is 5.75. The van der Waals surface area contributed by atoms with E-state index in [0.717, 1.165) is 0 Å². The maximum Gasteiger partial charge on any atom is 0.344 e. The van der Waals surface area contributed by atoms with E-state index in [1.165, 1.54) is 6.92 Å². The third-order valence-corrected chi connectivity index (χ3v) is 3.43. The number of rotatable bonds is 6. The van der Waals surface area contributed by atoms with Crippen LogP contribution in [-0.4, -0.2) is 24.6 Å². The van der Waals surface area contributed by atoms with Crippen LogP contribution in [0.1, 0.15) is 6.92 Å². The fourth-order valence-corrected chi connectivity index (χ4v) is 2.07. The van der Waals surface area contributed by atoms with Crippen molar-refractivity contribution in [3.05, 3.63) is 58.6 Å². The van der Waals surface area contributed by atoms with Crippen molar-refractivity contribution in [3.63, 3.8) is 0 Å². The van der Waals surface area contributed by atoms with Crippen LogP contribution in [0.4, 0.5) is 5.69 Å². The van der Waals surface area contributed by atoms with Gasteiger partial charge in [0.2, 0.25) is 0 Å². The van der Waals surface area contributed by atoms with E-state index in [0.29, 0.717) is 21.5 Å². The lowest BCUT2D eigenvalue weighted by molar-refractivity contribution is -0.155. The molecule has 2 aromatic carbocycles. The molecule has 7 heteroatoms. The molecular formula is C17H15Cl2NO4. The molecule has 1 amide bonds. The van der Waals surface area contributed by atoms with Gasteiger partial charge in [0.15, 0.2) is 12.7 Å². The number of anilines is 1. The summed E-state index contributed by atoms with van der Waals surface area (Å²) in [7, 11) is 0. The first kappa shape index (κ1) is 18.1. The summed E-state index contributed by atoms with van der Waals surface area (Å²) in [6.45, 7) is 1.15. The maximum absolute atomic E-state index is 12.0. The minimum absolute atomic E-state index is 0.321. The van der Waals surface area contributed by atoms with Gasteiger partial charge in [-0.05, 0) is 49.4 Å². The summed E-state index contributed by atoms with van der Waals surface area (Å²) in [5, 5.41) is 3.68. The molecule has 24 heavy (non-hydrogen) atoms. The molecule has 2 rings (SSSR count). The summed E-state index contributed by atoms with van der Waals surface area (Å²) in [5.74, 6) is -0.667. The van der Waals surface area contributed by atoms with Gasteiger partial charge in [-0.2, -0.15) is 0 Å². The first-order chi connectivity index (χ1) is 11.4. The topological polar surface area (TPSA) is 64.6 Å². The van der Waals surface area contributed by atoms with Crippen LogP contribution in [0.5, 0.6) is 5.75 Å². The Morgan fingerprint density at radius 1 is 1.08 bits per heavy atom. The number of nitrogens with one attached hydrogen (secondary N) is 1. The molecule has 2 aromatic rings. The van der Waals surface area contributed by atoms with Gasteiger partial charge < -0.3 is 14.8 Å². The van der Waals surface area contributed by atoms with Crippen LogP contribution in [-0.2, 0) is 14.3 Å². The Bertz CT molecular complexity index is 719. The average molecular weight is 368 g/mol. The SMILES string of the molecule is C[C@H](OC(=O)COc1cccc(Cl)c1)C(=O)Nc1ccc(Cl)cc1. The van der Waals surface area contributed by atoms with Gasteiger partial charge >= 0.3 is 5.97 Å². The number of esters is 1. The molecule has 126 valence electrons. The van der Waals surface area contributed by atoms with E-state index in [4.69, 9.17) is 32.7 Å². The van der Waals surface area contributed by atoms with Gasteiger partial charge in [0, 0.05) is 15.7 Å². The minimum atomic E-state index is -0.962. The molecule has 0 saturated carbocycles. The highest BCUT2D eigenvalue weighted by Gasteiger charge is 2.18.